The van der Waals surface area contributed by atoms with E-state index in [2.05, 4.69) is 52.0 Å². The molecule has 0 aliphatic heterocycles. The first-order valence-electron chi connectivity index (χ1n) is 17.4. The summed E-state index contributed by atoms with van der Waals surface area (Å²) in [5.74, 6) is -1.12. The first-order valence-corrected chi connectivity index (χ1v) is 18.4. The van der Waals surface area contributed by atoms with Gasteiger partial charge in [0.1, 0.15) is 22.0 Å². The van der Waals surface area contributed by atoms with Crippen LogP contribution in [-0.4, -0.2) is 42.9 Å². The van der Waals surface area contributed by atoms with Crippen molar-refractivity contribution >= 4 is 23.7 Å². The molecule has 7 heteroatoms. The molecule has 252 valence electrons. The molecule has 0 radical (unpaired) electrons. The number of aromatic hydroxyl groups is 2. The third kappa shape index (κ3) is 13.3. The highest BCUT2D eigenvalue weighted by Crippen LogP contribution is 2.32. The van der Waals surface area contributed by atoms with Crippen molar-refractivity contribution in [3.05, 3.63) is 57.6 Å². The standard InChI is InChI=1S/C38H58O6S/c1-5-9-17-29-23-27(24-30(35(29)39)18-10-6-2)15-13-21-33(37(41)42)45-34(38(43)44)22-14-16-28-25-31(19-11-7-3)36(40)32(26-28)20-12-8-4/h23-26,33-34,39-40H,5-22H2,1-4H3,(H,41,42)(H,43,44). The van der Waals surface area contributed by atoms with Crippen LogP contribution in [0, 0.1) is 0 Å². The molecule has 6 nitrogen and oxygen atoms in total. The Labute approximate surface area is 276 Å². The molecule has 2 unspecified atom stereocenters. The fraction of sp³-hybridized carbons (Fsp3) is 0.632. The predicted octanol–water partition coefficient (Wildman–Crippen LogP) is 9.45. The van der Waals surface area contributed by atoms with Crippen LogP contribution in [0.5, 0.6) is 11.5 Å². The third-order valence-corrected chi connectivity index (χ3v) is 10.1. The van der Waals surface area contributed by atoms with E-state index in [1.54, 1.807) is 0 Å². The topological polar surface area (TPSA) is 115 Å². The molecule has 0 amide bonds. The zero-order valence-corrected chi connectivity index (χ0v) is 29.0. The molecule has 0 spiro atoms. The lowest BCUT2D eigenvalue weighted by atomic mass is 9.95. The molecule has 0 aliphatic carbocycles. The van der Waals surface area contributed by atoms with Gasteiger partial charge in [-0.05, 0) is 123 Å². The largest absolute Gasteiger partial charge is 0.507 e. The van der Waals surface area contributed by atoms with Gasteiger partial charge < -0.3 is 20.4 Å². The van der Waals surface area contributed by atoms with Crippen LogP contribution in [0.4, 0.5) is 0 Å². The maximum Gasteiger partial charge on any atom is 0.316 e. The smallest absolute Gasteiger partial charge is 0.316 e. The molecular formula is C38H58O6S. The molecule has 0 saturated heterocycles. The van der Waals surface area contributed by atoms with E-state index in [-0.39, 0.29) is 0 Å². The van der Waals surface area contributed by atoms with E-state index in [4.69, 9.17) is 0 Å². The number of aryl methyl sites for hydroxylation is 6. The van der Waals surface area contributed by atoms with Crippen molar-refractivity contribution in [2.24, 2.45) is 0 Å². The maximum absolute atomic E-state index is 12.2. The van der Waals surface area contributed by atoms with Crippen LogP contribution >= 0.6 is 11.8 Å². The number of hydrogen-bond donors (Lipinski definition) is 4. The first-order chi connectivity index (χ1) is 21.6. The van der Waals surface area contributed by atoms with Crippen molar-refractivity contribution in [2.45, 2.75) is 154 Å². The zero-order valence-electron chi connectivity index (χ0n) is 28.2. The van der Waals surface area contributed by atoms with Gasteiger partial charge in [-0.3, -0.25) is 9.59 Å². The molecule has 2 aromatic carbocycles. The minimum atomic E-state index is -0.969. The Balaban J connectivity index is 2.05. The summed E-state index contributed by atoms with van der Waals surface area (Å²) < 4.78 is 0. The lowest BCUT2D eigenvalue weighted by molar-refractivity contribution is -0.136. The van der Waals surface area contributed by atoms with Crippen LogP contribution < -0.4 is 0 Å². The van der Waals surface area contributed by atoms with Gasteiger partial charge >= 0.3 is 11.9 Å². The number of thioether (sulfide) groups is 1. The second kappa shape index (κ2) is 21.2. The Morgan fingerprint density at radius 1 is 0.533 bits per heavy atom. The normalized spacial score (nSPS) is 12.7. The van der Waals surface area contributed by atoms with E-state index in [1.165, 1.54) is 0 Å². The maximum atomic E-state index is 12.2. The van der Waals surface area contributed by atoms with E-state index < -0.39 is 22.4 Å². The summed E-state index contributed by atoms with van der Waals surface area (Å²) in [6.45, 7) is 8.54. The van der Waals surface area contributed by atoms with Gasteiger partial charge in [0.05, 0.1) is 0 Å². The molecule has 2 atom stereocenters. The molecular weight excluding hydrogens is 584 g/mol. The van der Waals surface area contributed by atoms with E-state index in [0.717, 1.165) is 122 Å². The van der Waals surface area contributed by atoms with Crippen LogP contribution in [0.1, 0.15) is 138 Å². The van der Waals surface area contributed by atoms with Gasteiger partial charge in [0.25, 0.3) is 0 Å². The lowest BCUT2D eigenvalue weighted by Gasteiger charge is -2.19. The average Bonchev–Trinajstić information content (AvgIpc) is 3.01. The summed E-state index contributed by atoms with van der Waals surface area (Å²) >= 11 is 1.06. The molecule has 0 aliphatic rings. The fourth-order valence-electron chi connectivity index (χ4n) is 5.87. The number of phenols is 2. The summed E-state index contributed by atoms with van der Waals surface area (Å²) in [6.07, 6.45) is 15.0. The minimum Gasteiger partial charge on any atom is -0.507 e. The monoisotopic (exact) mass is 642 g/mol. The van der Waals surface area contributed by atoms with Gasteiger partial charge in [-0.15, -0.1) is 11.8 Å². The number of phenolic OH excluding ortho intramolecular Hbond substituents is 2. The molecule has 0 heterocycles. The van der Waals surface area contributed by atoms with Gasteiger partial charge in [-0.2, -0.15) is 0 Å². The van der Waals surface area contributed by atoms with Gasteiger partial charge in [0.15, 0.2) is 0 Å². The van der Waals surface area contributed by atoms with E-state index in [1.807, 2.05) is 0 Å². The molecule has 2 rings (SSSR count). The first kappa shape index (κ1) is 38.5. The van der Waals surface area contributed by atoms with Crippen molar-refractivity contribution < 1.29 is 30.0 Å². The number of aliphatic carboxylic acids is 2. The number of carbonyl (C=O) groups is 2. The highest BCUT2D eigenvalue weighted by molar-refractivity contribution is 8.01. The van der Waals surface area contributed by atoms with Crippen LogP contribution in [-0.2, 0) is 48.1 Å². The number of benzene rings is 2. The second-order valence-corrected chi connectivity index (χ2v) is 13.9. The molecule has 0 bridgehead atoms. The molecule has 0 aromatic heterocycles. The molecule has 2 aromatic rings. The number of unbranched alkanes of at least 4 members (excludes halogenated alkanes) is 4. The Morgan fingerprint density at radius 2 is 0.822 bits per heavy atom. The van der Waals surface area contributed by atoms with Crippen LogP contribution in [0.25, 0.3) is 0 Å². The fourth-order valence-corrected chi connectivity index (χ4v) is 7.10. The molecule has 45 heavy (non-hydrogen) atoms. The van der Waals surface area contributed by atoms with Crippen molar-refractivity contribution in [3.63, 3.8) is 0 Å². The predicted molar refractivity (Wildman–Crippen MR) is 187 cm³/mol. The van der Waals surface area contributed by atoms with Crippen LogP contribution in [0.15, 0.2) is 24.3 Å². The highest BCUT2D eigenvalue weighted by atomic mass is 32.2. The summed E-state index contributed by atoms with van der Waals surface area (Å²) in [6, 6.07) is 8.25. The Kier molecular flexibility index (Phi) is 18.1. The Bertz CT molecular complexity index is 1040. The van der Waals surface area contributed by atoms with E-state index in [9.17, 15) is 30.0 Å². The molecule has 0 fully saturated rings. The number of carboxylic acids is 2. The highest BCUT2D eigenvalue weighted by Gasteiger charge is 2.27. The lowest BCUT2D eigenvalue weighted by Crippen LogP contribution is -2.25. The van der Waals surface area contributed by atoms with Gasteiger partial charge in [-0.25, -0.2) is 0 Å². The zero-order chi connectivity index (χ0) is 33.2. The second-order valence-electron chi connectivity index (χ2n) is 12.5. The quantitative estimate of drug-likeness (QED) is 0.0901. The Hall–Kier alpha value is -2.67. The Morgan fingerprint density at radius 3 is 1.07 bits per heavy atom. The van der Waals surface area contributed by atoms with Crippen molar-refractivity contribution in [2.75, 3.05) is 0 Å². The van der Waals surface area contributed by atoms with Gasteiger partial charge in [0.2, 0.25) is 0 Å². The van der Waals surface area contributed by atoms with Crippen molar-refractivity contribution in [1.29, 1.82) is 0 Å². The summed E-state index contributed by atoms with van der Waals surface area (Å²) in [5, 5.41) is 40.0. The minimum absolute atomic E-state index is 0.388. The summed E-state index contributed by atoms with van der Waals surface area (Å²) in [4.78, 5) is 24.4. The van der Waals surface area contributed by atoms with Gasteiger partial charge in [0, 0.05) is 0 Å². The third-order valence-electron chi connectivity index (χ3n) is 8.60. The van der Waals surface area contributed by atoms with Crippen LogP contribution in [0.2, 0.25) is 0 Å². The number of rotatable bonds is 24. The summed E-state index contributed by atoms with van der Waals surface area (Å²) in [7, 11) is 0. The molecule has 4 N–H and O–H groups in total. The molecule has 0 saturated carbocycles. The average molecular weight is 643 g/mol. The van der Waals surface area contributed by atoms with Crippen molar-refractivity contribution in [3.8, 4) is 11.5 Å². The van der Waals surface area contributed by atoms with E-state index >= 15 is 0 Å². The number of hydrogen-bond acceptors (Lipinski definition) is 5. The van der Waals surface area contributed by atoms with Gasteiger partial charge in [-0.1, -0.05) is 77.6 Å². The van der Waals surface area contributed by atoms with E-state index in [0.29, 0.717) is 50.0 Å². The summed E-state index contributed by atoms with van der Waals surface area (Å²) in [5.41, 5.74) is 6.11. The SMILES string of the molecule is CCCCc1cc(CCCC(SC(CCCc2cc(CCCC)c(O)c(CCCC)c2)C(=O)O)C(=O)O)cc(CCCC)c1O. The number of carboxylic acid groups (broad SMARTS) is 2. The van der Waals surface area contributed by atoms with Crippen molar-refractivity contribution in [1.82, 2.24) is 0 Å². The van der Waals surface area contributed by atoms with Crippen LogP contribution in [0.3, 0.4) is 0 Å².